The number of aryl methyl sites for hydroxylation is 1. The van der Waals surface area contributed by atoms with Gasteiger partial charge in [-0.3, -0.25) is 0 Å². The van der Waals surface area contributed by atoms with E-state index >= 15 is 0 Å². The second-order valence-corrected chi connectivity index (χ2v) is 6.39. The molecule has 1 aliphatic rings. The summed E-state index contributed by atoms with van der Waals surface area (Å²) in [5.41, 5.74) is 4.82. The Balaban J connectivity index is 2.33. The van der Waals surface area contributed by atoms with Crippen molar-refractivity contribution < 1.29 is 13.5 Å². The van der Waals surface area contributed by atoms with Crippen molar-refractivity contribution in [3.63, 3.8) is 0 Å². The van der Waals surface area contributed by atoms with Gasteiger partial charge in [-0.15, -0.1) is 0 Å². The van der Waals surface area contributed by atoms with Crippen LogP contribution in [0.5, 0.6) is 0 Å². The smallest absolute Gasteiger partial charge is 0.260 e. The lowest BCUT2D eigenvalue weighted by molar-refractivity contribution is 0.185. The molecule has 0 radical (unpaired) electrons. The summed E-state index contributed by atoms with van der Waals surface area (Å²) in [5.74, 6) is -0.0314. The number of aliphatic hydroxyl groups is 1. The molecule has 1 aromatic heterocycles. The summed E-state index contributed by atoms with van der Waals surface area (Å²) in [6.45, 7) is -0.204. The van der Waals surface area contributed by atoms with Crippen molar-refractivity contribution in [3.8, 4) is 0 Å². The summed E-state index contributed by atoms with van der Waals surface area (Å²) in [6.07, 6.45) is 4.44. The van der Waals surface area contributed by atoms with Crippen LogP contribution in [0.2, 0.25) is 0 Å². The van der Waals surface area contributed by atoms with Gasteiger partial charge in [0.1, 0.15) is 0 Å². The molecule has 0 amide bonds. The van der Waals surface area contributed by atoms with E-state index in [1.54, 1.807) is 7.05 Å². The predicted molar refractivity (Wildman–Crippen MR) is 66.2 cm³/mol. The minimum atomic E-state index is -3.77. The van der Waals surface area contributed by atoms with Gasteiger partial charge >= 0.3 is 0 Å². The maximum absolute atomic E-state index is 12.3. The summed E-state index contributed by atoms with van der Waals surface area (Å²) in [6, 6.07) is 0. The molecule has 0 unspecified atom stereocenters. The number of imidazole rings is 1. The van der Waals surface area contributed by atoms with Gasteiger partial charge in [0.05, 0.1) is 18.5 Å². The molecule has 1 heterocycles. The quantitative estimate of drug-likeness (QED) is 0.691. The molecule has 2 rings (SSSR count). The molecule has 102 valence electrons. The van der Waals surface area contributed by atoms with E-state index < -0.39 is 15.6 Å². The number of nitrogens with zero attached hydrogens (tertiary/aromatic N) is 2. The fraction of sp³-hybridized carbons (Fsp3) is 0.700. The topological polar surface area (TPSA) is 110 Å². The van der Waals surface area contributed by atoms with Crippen LogP contribution < -0.4 is 10.5 Å². The highest BCUT2D eigenvalue weighted by atomic mass is 32.2. The summed E-state index contributed by atoms with van der Waals surface area (Å²) in [5, 5.41) is 9.38. The van der Waals surface area contributed by atoms with Crippen LogP contribution >= 0.6 is 0 Å². The molecule has 8 heteroatoms. The van der Waals surface area contributed by atoms with E-state index in [0.717, 1.165) is 12.8 Å². The lowest BCUT2D eigenvalue weighted by Gasteiger charge is -2.27. The fourth-order valence-corrected chi connectivity index (χ4v) is 4.13. The third kappa shape index (κ3) is 2.23. The maximum Gasteiger partial charge on any atom is 0.260 e. The van der Waals surface area contributed by atoms with Crippen molar-refractivity contribution in [1.29, 1.82) is 0 Å². The van der Waals surface area contributed by atoms with E-state index in [1.807, 2.05) is 0 Å². The third-order valence-electron chi connectivity index (χ3n) is 3.38. The molecule has 7 nitrogen and oxygen atoms in total. The SMILES string of the molecule is Cn1cnc(N)c1S(=O)(=O)NC1(CO)CCCC1. The van der Waals surface area contributed by atoms with E-state index in [1.165, 1.54) is 10.9 Å². The van der Waals surface area contributed by atoms with Crippen LogP contribution in [0.25, 0.3) is 0 Å². The van der Waals surface area contributed by atoms with Gasteiger partial charge in [0.25, 0.3) is 10.0 Å². The Morgan fingerprint density at radius 1 is 1.56 bits per heavy atom. The Morgan fingerprint density at radius 2 is 2.17 bits per heavy atom. The minimum Gasteiger partial charge on any atom is -0.394 e. The minimum absolute atomic E-state index is 0.0314. The Bertz CT molecular complexity index is 512. The molecule has 0 bridgehead atoms. The van der Waals surface area contributed by atoms with E-state index in [2.05, 4.69) is 9.71 Å². The predicted octanol–water partition coefficient (Wildman–Crippen LogP) is -0.414. The van der Waals surface area contributed by atoms with E-state index in [4.69, 9.17) is 5.73 Å². The first kappa shape index (κ1) is 13.3. The van der Waals surface area contributed by atoms with Crippen molar-refractivity contribution in [2.24, 2.45) is 7.05 Å². The zero-order chi connectivity index (χ0) is 13.4. The normalized spacial score (nSPS) is 19.2. The highest BCUT2D eigenvalue weighted by Gasteiger charge is 2.39. The van der Waals surface area contributed by atoms with Crippen molar-refractivity contribution >= 4 is 15.8 Å². The molecule has 0 atom stereocenters. The summed E-state index contributed by atoms with van der Waals surface area (Å²) >= 11 is 0. The number of aliphatic hydroxyl groups excluding tert-OH is 1. The number of anilines is 1. The van der Waals surface area contributed by atoms with Gasteiger partial charge in [0.15, 0.2) is 10.8 Å². The average Bonchev–Trinajstić information content (AvgIpc) is 2.86. The lowest BCUT2D eigenvalue weighted by Crippen LogP contribution is -2.49. The first-order valence-electron chi connectivity index (χ1n) is 5.82. The molecule has 4 N–H and O–H groups in total. The number of nitrogens with two attached hydrogens (primary N) is 1. The molecular weight excluding hydrogens is 256 g/mol. The van der Waals surface area contributed by atoms with Crippen LogP contribution in [0.1, 0.15) is 25.7 Å². The van der Waals surface area contributed by atoms with Gasteiger partial charge in [0.2, 0.25) is 0 Å². The molecule has 1 aromatic rings. The van der Waals surface area contributed by atoms with Crippen molar-refractivity contribution in [1.82, 2.24) is 14.3 Å². The Hall–Kier alpha value is -1.12. The number of aromatic nitrogens is 2. The zero-order valence-electron chi connectivity index (χ0n) is 10.3. The molecule has 1 fully saturated rings. The van der Waals surface area contributed by atoms with E-state index in [0.29, 0.717) is 12.8 Å². The summed E-state index contributed by atoms with van der Waals surface area (Å²) in [7, 11) is -2.20. The van der Waals surface area contributed by atoms with Crippen molar-refractivity contribution in [3.05, 3.63) is 6.33 Å². The molecule has 0 aliphatic heterocycles. The number of nitrogens with one attached hydrogen (secondary N) is 1. The Morgan fingerprint density at radius 3 is 2.61 bits per heavy atom. The zero-order valence-corrected chi connectivity index (χ0v) is 11.1. The Labute approximate surface area is 106 Å². The molecular formula is C10H18N4O3S. The van der Waals surface area contributed by atoms with Crippen LogP contribution in [-0.2, 0) is 17.1 Å². The van der Waals surface area contributed by atoms with Crippen LogP contribution in [0.15, 0.2) is 11.4 Å². The average molecular weight is 274 g/mol. The second-order valence-electron chi connectivity index (χ2n) is 4.80. The third-order valence-corrected chi connectivity index (χ3v) is 5.09. The summed E-state index contributed by atoms with van der Waals surface area (Å²) < 4.78 is 28.5. The van der Waals surface area contributed by atoms with Crippen LogP contribution in [0.3, 0.4) is 0 Å². The first-order valence-corrected chi connectivity index (χ1v) is 7.30. The van der Waals surface area contributed by atoms with Gasteiger partial charge in [-0.05, 0) is 12.8 Å². The number of sulfonamides is 1. The Kier molecular flexibility index (Phi) is 3.35. The first-order chi connectivity index (χ1) is 8.40. The molecule has 18 heavy (non-hydrogen) atoms. The monoisotopic (exact) mass is 274 g/mol. The highest BCUT2D eigenvalue weighted by Crippen LogP contribution is 2.31. The fourth-order valence-electron chi connectivity index (χ4n) is 2.44. The standard InChI is InChI=1S/C10H18N4O3S/c1-14-7-12-8(11)9(14)18(16,17)13-10(6-15)4-2-3-5-10/h7,13,15H,2-6,11H2,1H3. The number of nitrogen functional groups attached to an aromatic ring is 1. The highest BCUT2D eigenvalue weighted by molar-refractivity contribution is 7.89. The molecule has 0 aromatic carbocycles. The van der Waals surface area contributed by atoms with Gasteiger partial charge in [-0.2, -0.15) is 0 Å². The van der Waals surface area contributed by atoms with Crippen molar-refractivity contribution in [2.45, 2.75) is 36.2 Å². The largest absolute Gasteiger partial charge is 0.394 e. The van der Waals surface area contributed by atoms with Gasteiger partial charge in [0, 0.05) is 7.05 Å². The maximum atomic E-state index is 12.3. The van der Waals surface area contributed by atoms with Crippen LogP contribution in [0, 0.1) is 0 Å². The summed E-state index contributed by atoms with van der Waals surface area (Å²) in [4.78, 5) is 3.76. The van der Waals surface area contributed by atoms with Gasteiger partial charge in [-0.1, -0.05) is 12.8 Å². The van der Waals surface area contributed by atoms with Crippen LogP contribution in [-0.4, -0.2) is 35.2 Å². The second kappa shape index (κ2) is 4.52. The van der Waals surface area contributed by atoms with Gasteiger partial charge in [-0.25, -0.2) is 18.1 Å². The van der Waals surface area contributed by atoms with E-state index in [9.17, 15) is 13.5 Å². The lowest BCUT2D eigenvalue weighted by atomic mass is 10.0. The van der Waals surface area contributed by atoms with Gasteiger partial charge < -0.3 is 15.4 Å². The molecule has 0 spiro atoms. The number of hydrogen-bond acceptors (Lipinski definition) is 5. The number of rotatable bonds is 4. The molecule has 1 aliphatic carbocycles. The van der Waals surface area contributed by atoms with Crippen molar-refractivity contribution in [2.75, 3.05) is 12.3 Å². The molecule has 0 saturated heterocycles. The molecule has 1 saturated carbocycles. The van der Waals surface area contributed by atoms with E-state index in [-0.39, 0.29) is 17.5 Å². The number of hydrogen-bond donors (Lipinski definition) is 3. The van der Waals surface area contributed by atoms with Crippen LogP contribution in [0.4, 0.5) is 5.82 Å².